The van der Waals surface area contributed by atoms with Crippen LogP contribution in [0.25, 0.3) is 0 Å². The van der Waals surface area contributed by atoms with E-state index in [1.54, 1.807) is 6.07 Å². The minimum Gasteiger partial charge on any atom is -0.481 e. The lowest BCUT2D eigenvalue weighted by Crippen LogP contribution is -1.98. The number of hydrogen-bond donors (Lipinski definition) is 1. The van der Waals surface area contributed by atoms with Crippen LogP contribution in [0.2, 0.25) is 10.0 Å². The van der Waals surface area contributed by atoms with Crippen molar-refractivity contribution in [1.82, 2.24) is 4.98 Å². The normalized spacial score (nSPS) is 10.6. The summed E-state index contributed by atoms with van der Waals surface area (Å²) in [6.45, 7) is 0. The molecule has 0 saturated heterocycles. The zero-order valence-corrected chi connectivity index (χ0v) is 12.2. The van der Waals surface area contributed by atoms with E-state index >= 15 is 0 Å². The quantitative estimate of drug-likeness (QED) is 0.905. The molecule has 0 fully saturated rings. The lowest BCUT2D eigenvalue weighted by molar-refractivity contribution is -0.136. The number of benzene rings is 1. The van der Waals surface area contributed by atoms with Crippen LogP contribution in [0.4, 0.5) is 0 Å². The molecule has 0 spiro atoms. The lowest BCUT2D eigenvalue weighted by atomic mass is 10.1. The molecule has 0 aliphatic carbocycles. The Labute approximate surface area is 124 Å². The average Bonchev–Trinajstić information content (AvgIpc) is 2.79. The maximum absolute atomic E-state index is 10.5. The molecule has 3 nitrogen and oxygen atoms in total. The summed E-state index contributed by atoms with van der Waals surface area (Å²) in [4.78, 5) is 14.9. The van der Waals surface area contributed by atoms with Gasteiger partial charge in [-0.2, -0.15) is 0 Å². The highest BCUT2D eigenvalue weighted by molar-refractivity contribution is 7.09. The smallest absolute Gasteiger partial charge is 0.303 e. The summed E-state index contributed by atoms with van der Waals surface area (Å²) in [5, 5.41) is 12.5. The van der Waals surface area contributed by atoms with Crippen LogP contribution < -0.4 is 0 Å². The highest BCUT2D eigenvalue weighted by Gasteiger charge is 2.06. The standard InChI is InChI=1S/C13H11Cl2NO2S/c14-10-3-1-8(5-11(10)15)6-12-16-9(7-19-12)2-4-13(17)18/h1,3,5,7H,2,4,6H2,(H,17,18). The van der Waals surface area contributed by atoms with Gasteiger partial charge in [0.25, 0.3) is 0 Å². The van der Waals surface area contributed by atoms with Gasteiger partial charge in [-0.3, -0.25) is 4.79 Å². The first-order chi connectivity index (χ1) is 9.04. The monoisotopic (exact) mass is 315 g/mol. The third-order valence-corrected chi connectivity index (χ3v) is 4.17. The summed E-state index contributed by atoms with van der Waals surface area (Å²) in [6.07, 6.45) is 1.25. The second-order valence-corrected chi connectivity index (χ2v) is 5.81. The molecule has 0 radical (unpaired) electrons. The van der Waals surface area contributed by atoms with Gasteiger partial charge < -0.3 is 5.11 Å². The Balaban J connectivity index is 2.02. The van der Waals surface area contributed by atoms with E-state index < -0.39 is 5.97 Å². The zero-order valence-electron chi connectivity index (χ0n) is 9.90. The molecule has 0 atom stereocenters. The van der Waals surface area contributed by atoms with Crippen molar-refractivity contribution in [1.29, 1.82) is 0 Å². The van der Waals surface area contributed by atoms with E-state index in [2.05, 4.69) is 4.98 Å². The number of aromatic nitrogens is 1. The van der Waals surface area contributed by atoms with Crippen molar-refractivity contribution in [2.45, 2.75) is 19.3 Å². The van der Waals surface area contributed by atoms with Gasteiger partial charge in [-0.05, 0) is 17.7 Å². The highest BCUT2D eigenvalue weighted by Crippen LogP contribution is 2.24. The number of aliphatic carboxylic acids is 1. The Morgan fingerprint density at radius 3 is 2.79 bits per heavy atom. The van der Waals surface area contributed by atoms with Gasteiger partial charge in [-0.25, -0.2) is 4.98 Å². The Hall–Kier alpha value is -1.10. The van der Waals surface area contributed by atoms with Gasteiger partial charge in [0, 0.05) is 18.2 Å². The molecule has 0 aliphatic rings. The summed E-state index contributed by atoms with van der Waals surface area (Å²) in [5.74, 6) is -0.806. The van der Waals surface area contributed by atoms with Crippen molar-refractivity contribution in [2.24, 2.45) is 0 Å². The predicted molar refractivity (Wildman–Crippen MR) is 77.3 cm³/mol. The third-order valence-electron chi connectivity index (χ3n) is 2.53. The molecular formula is C13H11Cl2NO2S. The Morgan fingerprint density at radius 2 is 2.11 bits per heavy atom. The molecule has 0 aliphatic heterocycles. The summed E-state index contributed by atoms with van der Waals surface area (Å²) >= 11 is 13.3. The number of rotatable bonds is 5. The van der Waals surface area contributed by atoms with Crippen LogP contribution in [0, 0.1) is 0 Å². The van der Waals surface area contributed by atoms with Crippen LogP contribution >= 0.6 is 34.5 Å². The molecule has 2 aromatic rings. The van der Waals surface area contributed by atoms with Crippen LogP contribution in [0.1, 0.15) is 22.7 Å². The average molecular weight is 316 g/mol. The minimum absolute atomic E-state index is 0.107. The van der Waals surface area contributed by atoms with Crippen molar-refractivity contribution < 1.29 is 9.90 Å². The second-order valence-electron chi connectivity index (χ2n) is 4.05. The SMILES string of the molecule is O=C(O)CCc1csc(Cc2ccc(Cl)c(Cl)c2)n1. The van der Waals surface area contributed by atoms with Gasteiger partial charge in [0.05, 0.1) is 27.2 Å². The number of carboxylic acids is 1. The number of thiazole rings is 1. The molecule has 1 aromatic carbocycles. The fourth-order valence-electron chi connectivity index (χ4n) is 1.60. The molecule has 0 amide bonds. The molecule has 1 N–H and O–H groups in total. The van der Waals surface area contributed by atoms with Gasteiger partial charge in [0.2, 0.25) is 0 Å². The summed E-state index contributed by atoms with van der Waals surface area (Å²) < 4.78 is 0. The number of carbonyl (C=O) groups is 1. The second kappa shape index (κ2) is 6.37. The molecule has 2 rings (SSSR count). The fraction of sp³-hybridized carbons (Fsp3) is 0.231. The van der Waals surface area contributed by atoms with Crippen molar-refractivity contribution in [3.63, 3.8) is 0 Å². The van der Waals surface area contributed by atoms with Gasteiger partial charge in [0.1, 0.15) is 0 Å². The summed E-state index contributed by atoms with van der Waals surface area (Å²) in [6, 6.07) is 5.49. The third kappa shape index (κ3) is 4.20. The number of nitrogens with zero attached hydrogens (tertiary/aromatic N) is 1. The molecular weight excluding hydrogens is 305 g/mol. The minimum atomic E-state index is -0.806. The van der Waals surface area contributed by atoms with Crippen LogP contribution in [0.15, 0.2) is 23.6 Å². The summed E-state index contributed by atoms with van der Waals surface area (Å²) in [5.41, 5.74) is 1.86. The predicted octanol–water partition coefficient (Wildman–Crippen LogP) is 4.06. The first-order valence-corrected chi connectivity index (χ1v) is 7.27. The topological polar surface area (TPSA) is 50.2 Å². The van der Waals surface area contributed by atoms with E-state index in [4.69, 9.17) is 28.3 Å². The van der Waals surface area contributed by atoms with Gasteiger partial charge >= 0.3 is 5.97 Å². The first-order valence-electron chi connectivity index (χ1n) is 5.63. The van der Waals surface area contributed by atoms with E-state index in [-0.39, 0.29) is 6.42 Å². The Bertz CT molecular complexity index is 598. The highest BCUT2D eigenvalue weighted by atomic mass is 35.5. The van der Waals surface area contributed by atoms with E-state index in [1.807, 2.05) is 17.5 Å². The molecule has 19 heavy (non-hydrogen) atoms. The van der Waals surface area contributed by atoms with Crippen LogP contribution in [-0.2, 0) is 17.6 Å². The number of halogens is 2. The van der Waals surface area contributed by atoms with Gasteiger partial charge in [0.15, 0.2) is 0 Å². The van der Waals surface area contributed by atoms with Gasteiger partial charge in [-0.1, -0.05) is 29.3 Å². The van der Waals surface area contributed by atoms with Crippen molar-refractivity contribution in [3.8, 4) is 0 Å². The van der Waals surface area contributed by atoms with E-state index in [0.29, 0.717) is 22.9 Å². The van der Waals surface area contributed by atoms with E-state index in [1.165, 1.54) is 11.3 Å². The van der Waals surface area contributed by atoms with Crippen molar-refractivity contribution >= 4 is 40.5 Å². The van der Waals surface area contributed by atoms with Crippen LogP contribution in [0.5, 0.6) is 0 Å². The van der Waals surface area contributed by atoms with Crippen molar-refractivity contribution in [2.75, 3.05) is 0 Å². The Kier molecular flexibility index (Phi) is 4.80. The molecule has 1 aromatic heterocycles. The maximum Gasteiger partial charge on any atom is 0.303 e. The molecule has 1 heterocycles. The number of aryl methyl sites for hydroxylation is 1. The van der Waals surface area contributed by atoms with Gasteiger partial charge in [-0.15, -0.1) is 11.3 Å². The fourth-order valence-corrected chi connectivity index (χ4v) is 2.79. The molecule has 0 bridgehead atoms. The largest absolute Gasteiger partial charge is 0.481 e. The molecule has 0 saturated carbocycles. The molecule has 100 valence electrons. The number of carboxylic acid groups (broad SMARTS) is 1. The van der Waals surface area contributed by atoms with Crippen molar-refractivity contribution in [3.05, 3.63) is 49.9 Å². The van der Waals surface area contributed by atoms with Crippen LogP contribution in [0.3, 0.4) is 0 Å². The zero-order chi connectivity index (χ0) is 13.8. The van der Waals surface area contributed by atoms with Crippen LogP contribution in [-0.4, -0.2) is 16.1 Å². The lowest BCUT2D eigenvalue weighted by Gasteiger charge is -2.00. The summed E-state index contributed by atoms with van der Waals surface area (Å²) in [7, 11) is 0. The number of hydrogen-bond acceptors (Lipinski definition) is 3. The maximum atomic E-state index is 10.5. The molecule has 6 heteroatoms. The Morgan fingerprint density at radius 1 is 1.32 bits per heavy atom. The molecule has 0 unspecified atom stereocenters. The van der Waals surface area contributed by atoms with E-state index in [0.717, 1.165) is 16.3 Å². The first kappa shape index (κ1) is 14.3. The van der Waals surface area contributed by atoms with E-state index in [9.17, 15) is 4.79 Å².